The Bertz CT molecular complexity index is 1250. The zero-order chi connectivity index (χ0) is 26.5. The fourth-order valence-corrected chi connectivity index (χ4v) is 6.02. The molecule has 36 heavy (non-hydrogen) atoms. The second-order valence-electron chi connectivity index (χ2n) is 8.47. The molecule has 0 radical (unpaired) electrons. The summed E-state index contributed by atoms with van der Waals surface area (Å²) in [7, 11) is -3.95. The van der Waals surface area contributed by atoms with Gasteiger partial charge in [-0.3, -0.25) is 14.4 Å². The first kappa shape index (κ1) is 28.0. The van der Waals surface area contributed by atoms with Gasteiger partial charge >= 0.3 is 0 Å². The van der Waals surface area contributed by atoms with Crippen LogP contribution in [0.15, 0.2) is 47.4 Å². The lowest BCUT2D eigenvalue weighted by Gasteiger charge is -2.31. The van der Waals surface area contributed by atoms with E-state index in [0.717, 1.165) is 10.7 Å². The number of amides is 3. The Morgan fingerprint density at radius 2 is 1.81 bits per heavy atom. The molecule has 0 saturated carbocycles. The number of rotatable bonds is 11. The van der Waals surface area contributed by atoms with Gasteiger partial charge in [-0.2, -0.15) is 0 Å². The molecule has 0 bridgehead atoms. The van der Waals surface area contributed by atoms with Gasteiger partial charge in [0.1, 0.15) is 10.9 Å². The fourth-order valence-electron chi connectivity index (χ4n) is 4.09. The molecule has 2 aromatic carbocycles. The lowest BCUT2D eigenvalue weighted by molar-refractivity contribution is -0.141. The molecule has 194 valence electrons. The van der Waals surface area contributed by atoms with Gasteiger partial charge in [0.05, 0.1) is 15.6 Å². The number of hydrogen-bond acceptors (Lipinski definition) is 5. The average molecular weight is 554 g/mol. The summed E-state index contributed by atoms with van der Waals surface area (Å²) < 4.78 is 26.4. The van der Waals surface area contributed by atoms with E-state index < -0.39 is 22.0 Å². The van der Waals surface area contributed by atoms with Crippen LogP contribution in [0.3, 0.4) is 0 Å². The highest BCUT2D eigenvalue weighted by Gasteiger charge is 2.40. The molecule has 1 aliphatic rings. The summed E-state index contributed by atoms with van der Waals surface area (Å²) in [5, 5.41) is 3.55. The predicted molar refractivity (Wildman–Crippen MR) is 138 cm³/mol. The first-order valence-electron chi connectivity index (χ1n) is 11.8. The van der Waals surface area contributed by atoms with Gasteiger partial charge in [-0.05, 0) is 49.1 Å². The normalized spacial score (nSPS) is 14.9. The van der Waals surface area contributed by atoms with Gasteiger partial charge in [-0.1, -0.05) is 55.2 Å². The van der Waals surface area contributed by atoms with E-state index in [2.05, 4.69) is 5.32 Å². The molecule has 1 N–H and O–H groups in total. The zero-order valence-corrected chi connectivity index (χ0v) is 22.5. The number of hydrogen-bond donors (Lipinski definition) is 1. The highest BCUT2D eigenvalue weighted by molar-refractivity contribution is 7.90. The monoisotopic (exact) mass is 553 g/mol. The van der Waals surface area contributed by atoms with Gasteiger partial charge in [0.25, 0.3) is 15.9 Å². The van der Waals surface area contributed by atoms with Crippen molar-refractivity contribution in [3.05, 3.63) is 63.6 Å². The molecule has 0 unspecified atom stereocenters. The summed E-state index contributed by atoms with van der Waals surface area (Å²) in [5.41, 5.74) is 0.830. The van der Waals surface area contributed by atoms with E-state index in [1.807, 2.05) is 13.8 Å². The second kappa shape index (κ2) is 12.1. The van der Waals surface area contributed by atoms with Crippen molar-refractivity contribution < 1.29 is 22.8 Å². The van der Waals surface area contributed by atoms with Crippen LogP contribution in [0.25, 0.3) is 0 Å². The third-order valence-electron chi connectivity index (χ3n) is 5.94. The SMILES string of the molecule is CCCNC(=O)[C@H](CC)N(Cc1ccc(Cl)c(Cl)c1)C(=O)CCCN1C(=O)c2ccccc2S1(=O)=O. The third-order valence-corrected chi connectivity index (χ3v) is 8.52. The van der Waals surface area contributed by atoms with Crippen LogP contribution in [-0.2, 0) is 26.2 Å². The Balaban J connectivity index is 1.75. The molecule has 1 atom stereocenters. The van der Waals surface area contributed by atoms with Crippen molar-refractivity contribution in [1.82, 2.24) is 14.5 Å². The molecule has 0 aromatic heterocycles. The first-order chi connectivity index (χ1) is 17.1. The minimum absolute atomic E-state index is 0.0267. The Kier molecular flexibility index (Phi) is 9.38. The van der Waals surface area contributed by atoms with Gasteiger partial charge in [-0.15, -0.1) is 0 Å². The van der Waals surface area contributed by atoms with Gasteiger partial charge in [0.15, 0.2) is 0 Å². The Labute approximate surface area is 221 Å². The van der Waals surface area contributed by atoms with Crippen molar-refractivity contribution in [1.29, 1.82) is 0 Å². The van der Waals surface area contributed by atoms with Crippen LogP contribution in [0.2, 0.25) is 10.0 Å². The van der Waals surface area contributed by atoms with E-state index in [-0.39, 0.29) is 48.2 Å². The molecule has 3 rings (SSSR count). The van der Waals surface area contributed by atoms with Crippen LogP contribution in [0.5, 0.6) is 0 Å². The number of carbonyl (C=O) groups is 3. The topological polar surface area (TPSA) is 104 Å². The maximum atomic E-state index is 13.3. The lowest BCUT2D eigenvalue weighted by Crippen LogP contribution is -2.49. The third kappa shape index (κ3) is 6.02. The summed E-state index contributed by atoms with van der Waals surface area (Å²) in [6, 6.07) is 10.3. The number of benzene rings is 2. The average Bonchev–Trinajstić information content (AvgIpc) is 3.05. The molecule has 8 nitrogen and oxygen atoms in total. The Morgan fingerprint density at radius 3 is 2.44 bits per heavy atom. The van der Waals surface area contributed by atoms with E-state index in [1.165, 1.54) is 17.0 Å². The zero-order valence-electron chi connectivity index (χ0n) is 20.2. The van der Waals surface area contributed by atoms with Crippen molar-refractivity contribution in [3.8, 4) is 0 Å². The number of sulfonamides is 1. The van der Waals surface area contributed by atoms with Crippen LogP contribution >= 0.6 is 23.2 Å². The van der Waals surface area contributed by atoms with E-state index in [9.17, 15) is 22.8 Å². The van der Waals surface area contributed by atoms with Crippen LogP contribution in [0, 0.1) is 0 Å². The Morgan fingerprint density at radius 1 is 1.08 bits per heavy atom. The van der Waals surface area contributed by atoms with Crippen molar-refractivity contribution in [2.45, 2.75) is 57.0 Å². The minimum atomic E-state index is -3.95. The van der Waals surface area contributed by atoms with Crippen molar-refractivity contribution >= 4 is 50.9 Å². The van der Waals surface area contributed by atoms with E-state index in [1.54, 1.807) is 30.3 Å². The smallest absolute Gasteiger partial charge is 0.269 e. The predicted octanol–water partition coefficient (Wildman–Crippen LogP) is 4.25. The number of halogens is 2. The van der Waals surface area contributed by atoms with E-state index in [4.69, 9.17) is 23.2 Å². The maximum absolute atomic E-state index is 13.3. The largest absolute Gasteiger partial charge is 0.354 e. The number of nitrogens with zero attached hydrogens (tertiary/aromatic N) is 2. The molecule has 1 aliphatic heterocycles. The van der Waals surface area contributed by atoms with E-state index >= 15 is 0 Å². The molecule has 0 aliphatic carbocycles. The molecule has 0 saturated heterocycles. The molecule has 0 spiro atoms. The molecular weight excluding hydrogens is 525 g/mol. The van der Waals surface area contributed by atoms with Crippen LogP contribution in [0.4, 0.5) is 0 Å². The molecule has 0 fully saturated rings. The van der Waals surface area contributed by atoms with Crippen molar-refractivity contribution in [2.24, 2.45) is 0 Å². The standard InChI is InChI=1S/C25H29Cl2N3O5S/c1-3-13-28-24(32)21(4-2)29(16-17-11-12-19(26)20(27)15-17)23(31)10-7-14-30-25(33)18-8-5-6-9-22(18)36(30,34)35/h5-6,8-9,11-12,15,21H,3-4,7,10,13-14,16H2,1-2H3,(H,28,32)/t21-/m0/s1. The summed E-state index contributed by atoms with van der Waals surface area (Å²) in [5.74, 6) is -1.20. The maximum Gasteiger partial charge on any atom is 0.269 e. The van der Waals surface area contributed by atoms with Gasteiger partial charge in [0, 0.05) is 26.1 Å². The number of carbonyl (C=O) groups excluding carboxylic acids is 3. The highest BCUT2D eigenvalue weighted by Crippen LogP contribution is 2.30. The molecule has 3 amide bonds. The van der Waals surface area contributed by atoms with Crippen LogP contribution < -0.4 is 5.32 Å². The second-order valence-corrected chi connectivity index (χ2v) is 11.1. The molecule has 2 aromatic rings. The molecule has 1 heterocycles. The first-order valence-corrected chi connectivity index (χ1v) is 14.0. The van der Waals surface area contributed by atoms with Crippen molar-refractivity contribution in [2.75, 3.05) is 13.1 Å². The minimum Gasteiger partial charge on any atom is -0.354 e. The van der Waals surface area contributed by atoms with E-state index in [0.29, 0.717) is 28.6 Å². The lowest BCUT2D eigenvalue weighted by atomic mass is 10.1. The van der Waals surface area contributed by atoms with Crippen LogP contribution in [0.1, 0.15) is 55.5 Å². The fraction of sp³-hybridized carbons (Fsp3) is 0.400. The number of fused-ring (bicyclic) bond motifs is 1. The van der Waals surface area contributed by atoms with Gasteiger partial charge in [0.2, 0.25) is 11.8 Å². The highest BCUT2D eigenvalue weighted by atomic mass is 35.5. The number of nitrogens with one attached hydrogen (secondary N) is 1. The summed E-state index contributed by atoms with van der Waals surface area (Å²) in [6.07, 6.45) is 1.21. The molecular formula is C25H29Cl2N3O5S. The summed E-state index contributed by atoms with van der Waals surface area (Å²) in [4.78, 5) is 40.3. The van der Waals surface area contributed by atoms with Gasteiger partial charge < -0.3 is 10.2 Å². The van der Waals surface area contributed by atoms with Gasteiger partial charge in [-0.25, -0.2) is 12.7 Å². The molecule has 11 heteroatoms. The summed E-state index contributed by atoms with van der Waals surface area (Å²) >= 11 is 12.2. The van der Waals surface area contributed by atoms with Crippen LogP contribution in [-0.4, -0.2) is 54.5 Å². The Hall–Kier alpha value is -2.62. The van der Waals surface area contributed by atoms with Crippen molar-refractivity contribution in [3.63, 3.8) is 0 Å². The summed E-state index contributed by atoms with van der Waals surface area (Å²) in [6.45, 7) is 4.23. The quantitative estimate of drug-likeness (QED) is 0.447.